The maximum atomic E-state index is 12.1. The molecular formula is C34H50N2O6. The summed E-state index contributed by atoms with van der Waals surface area (Å²) >= 11 is 0. The van der Waals surface area contributed by atoms with Crippen molar-refractivity contribution in [1.29, 1.82) is 0 Å². The summed E-state index contributed by atoms with van der Waals surface area (Å²) in [6.07, 6.45) is 0.373. The molecular weight excluding hydrogens is 532 g/mol. The van der Waals surface area contributed by atoms with Gasteiger partial charge in [0.25, 0.3) is 0 Å². The van der Waals surface area contributed by atoms with E-state index in [0.29, 0.717) is 12.8 Å². The highest BCUT2D eigenvalue weighted by molar-refractivity contribution is 5.87. The number of Topliss-reactive ketones (excluding diaryl/α,β-unsaturated/α-hetero) is 1. The van der Waals surface area contributed by atoms with E-state index < -0.39 is 17.7 Å². The molecule has 5 atom stereocenters. The molecule has 1 heterocycles. The van der Waals surface area contributed by atoms with Gasteiger partial charge in [0.05, 0.1) is 12.0 Å². The molecule has 8 heteroatoms. The summed E-state index contributed by atoms with van der Waals surface area (Å²) in [7, 11) is 0. The van der Waals surface area contributed by atoms with Gasteiger partial charge in [0.1, 0.15) is 17.4 Å². The first-order valence-electron chi connectivity index (χ1n) is 14.3. The Balaban J connectivity index is 0.000000415. The topological polar surface area (TPSA) is 111 Å². The minimum absolute atomic E-state index is 0. The Morgan fingerprint density at radius 2 is 1.52 bits per heavy atom. The zero-order valence-corrected chi connectivity index (χ0v) is 25.6. The number of nitrogens with one attached hydrogen (secondary N) is 2. The lowest BCUT2D eigenvalue weighted by Gasteiger charge is -2.35. The van der Waals surface area contributed by atoms with Gasteiger partial charge in [0, 0.05) is 17.9 Å². The molecule has 0 saturated carbocycles. The number of rotatable bonds is 8. The van der Waals surface area contributed by atoms with Gasteiger partial charge in [-0.15, -0.1) is 0 Å². The molecule has 8 nitrogen and oxygen atoms in total. The van der Waals surface area contributed by atoms with Gasteiger partial charge in [-0.05, 0) is 72.4 Å². The monoisotopic (exact) mass is 582 g/mol. The Bertz CT molecular complexity index is 1140. The van der Waals surface area contributed by atoms with Crippen LogP contribution < -0.4 is 10.6 Å². The Morgan fingerprint density at radius 1 is 0.976 bits per heavy atom. The van der Waals surface area contributed by atoms with E-state index in [2.05, 4.69) is 10.6 Å². The number of alkyl carbamates (subject to hydrolysis) is 1. The number of carbonyl (C=O) groups excluding carboxylic acids is 4. The molecule has 0 aromatic heterocycles. The van der Waals surface area contributed by atoms with Gasteiger partial charge in [-0.3, -0.25) is 14.4 Å². The third-order valence-corrected chi connectivity index (χ3v) is 6.73. The summed E-state index contributed by atoms with van der Waals surface area (Å²) in [5, 5.41) is 5.61. The van der Waals surface area contributed by atoms with Crippen molar-refractivity contribution in [3.63, 3.8) is 0 Å². The Hall–Kier alpha value is -3.68. The van der Waals surface area contributed by atoms with Crippen molar-refractivity contribution in [1.82, 2.24) is 10.6 Å². The number of piperidine rings is 1. The zero-order chi connectivity index (χ0) is 30.7. The highest BCUT2D eigenvalue weighted by Gasteiger charge is 2.35. The van der Waals surface area contributed by atoms with E-state index in [9.17, 15) is 19.2 Å². The van der Waals surface area contributed by atoms with Crippen LogP contribution in [0, 0.1) is 5.92 Å². The predicted octanol–water partition coefficient (Wildman–Crippen LogP) is 6.55. The average molecular weight is 583 g/mol. The maximum Gasteiger partial charge on any atom is 0.408 e. The second kappa shape index (κ2) is 16.7. The van der Waals surface area contributed by atoms with Gasteiger partial charge >= 0.3 is 12.1 Å². The minimum Gasteiger partial charge on any atom is -0.463 e. The summed E-state index contributed by atoms with van der Waals surface area (Å²) in [6.45, 7) is 14.4. The predicted molar refractivity (Wildman–Crippen MR) is 166 cm³/mol. The summed E-state index contributed by atoms with van der Waals surface area (Å²) in [6, 6.07) is 19.0. The lowest BCUT2D eigenvalue weighted by molar-refractivity contribution is -0.152. The number of ether oxygens (including phenoxy) is 2. The molecule has 1 aliphatic heterocycles. The molecule has 1 aliphatic rings. The van der Waals surface area contributed by atoms with Gasteiger partial charge in [0.15, 0.2) is 0 Å². The lowest BCUT2D eigenvalue weighted by Crippen LogP contribution is -2.56. The number of hydrogen-bond donors (Lipinski definition) is 2. The molecule has 0 bridgehead atoms. The van der Waals surface area contributed by atoms with E-state index in [0.717, 1.165) is 11.1 Å². The first kappa shape index (κ1) is 36.3. The van der Waals surface area contributed by atoms with E-state index in [1.807, 2.05) is 88.4 Å². The largest absolute Gasteiger partial charge is 0.463 e. The molecule has 42 heavy (non-hydrogen) atoms. The number of ketones is 1. The molecule has 2 amide bonds. The second-order valence-corrected chi connectivity index (χ2v) is 11.9. The third-order valence-electron chi connectivity index (χ3n) is 6.73. The highest BCUT2D eigenvalue weighted by Crippen LogP contribution is 2.29. The van der Waals surface area contributed by atoms with Crippen LogP contribution in [-0.4, -0.2) is 47.5 Å². The Kier molecular flexibility index (Phi) is 14.4. The summed E-state index contributed by atoms with van der Waals surface area (Å²) in [5.41, 5.74) is 1.53. The Morgan fingerprint density at radius 3 is 2.02 bits per heavy atom. The van der Waals surface area contributed by atoms with Crippen LogP contribution in [0.1, 0.15) is 98.6 Å². The highest BCUT2D eigenvalue weighted by atomic mass is 16.6. The van der Waals surface area contributed by atoms with Crippen LogP contribution in [-0.2, 0) is 23.9 Å². The van der Waals surface area contributed by atoms with Crippen LogP contribution >= 0.6 is 0 Å². The molecule has 0 spiro atoms. The molecule has 3 rings (SSSR count). The van der Waals surface area contributed by atoms with Crippen LogP contribution in [0.25, 0.3) is 0 Å². The fourth-order valence-electron chi connectivity index (χ4n) is 4.71. The summed E-state index contributed by atoms with van der Waals surface area (Å²) < 4.78 is 10.4. The summed E-state index contributed by atoms with van der Waals surface area (Å²) in [5.74, 6) is -0.677. The van der Waals surface area contributed by atoms with E-state index >= 15 is 0 Å². The number of benzene rings is 2. The quantitative estimate of drug-likeness (QED) is 0.342. The van der Waals surface area contributed by atoms with Crippen molar-refractivity contribution in [2.24, 2.45) is 5.92 Å². The van der Waals surface area contributed by atoms with Crippen molar-refractivity contribution < 1.29 is 28.7 Å². The zero-order valence-electron chi connectivity index (χ0n) is 25.6. The van der Waals surface area contributed by atoms with Crippen molar-refractivity contribution in [2.45, 2.75) is 111 Å². The summed E-state index contributed by atoms with van der Waals surface area (Å²) in [4.78, 5) is 47.6. The van der Waals surface area contributed by atoms with Gasteiger partial charge in [-0.2, -0.15) is 0 Å². The molecule has 232 valence electrons. The molecule has 2 aromatic rings. The van der Waals surface area contributed by atoms with Crippen molar-refractivity contribution in [3.8, 4) is 0 Å². The van der Waals surface area contributed by atoms with Crippen LogP contribution in [0.2, 0.25) is 0 Å². The minimum atomic E-state index is -0.582. The molecule has 0 radical (unpaired) electrons. The van der Waals surface area contributed by atoms with Crippen LogP contribution in [0.5, 0.6) is 0 Å². The molecule has 1 fully saturated rings. The molecule has 0 aliphatic carbocycles. The molecule has 2 aromatic carbocycles. The second-order valence-electron chi connectivity index (χ2n) is 11.9. The fraction of sp³-hybridized carbons (Fsp3) is 0.529. The Labute approximate surface area is 251 Å². The fourth-order valence-corrected chi connectivity index (χ4v) is 4.71. The van der Waals surface area contributed by atoms with E-state index in [1.165, 1.54) is 0 Å². The maximum absolute atomic E-state index is 12.1. The van der Waals surface area contributed by atoms with E-state index in [4.69, 9.17) is 9.47 Å². The number of hydrogen-bond acceptors (Lipinski definition) is 6. The van der Waals surface area contributed by atoms with Crippen LogP contribution in [0.3, 0.4) is 0 Å². The van der Waals surface area contributed by atoms with Crippen LogP contribution in [0.4, 0.5) is 4.79 Å². The van der Waals surface area contributed by atoms with Gasteiger partial charge in [-0.25, -0.2) is 4.79 Å². The van der Waals surface area contributed by atoms with E-state index in [-0.39, 0.29) is 55.0 Å². The molecule has 2 N–H and O–H groups in total. The SMILES string of the molecule is C.CC(=O)C(CC(C)C(=O)OC(C)C)c1ccccc1.C[C@H]1NC(=O)C(NC(=O)OC(C)(C)C)CC1c1ccccc1. The average Bonchev–Trinajstić information content (AvgIpc) is 2.88. The number of carbonyl (C=O) groups is 4. The number of esters is 1. The van der Waals surface area contributed by atoms with Crippen molar-refractivity contribution in [2.75, 3.05) is 0 Å². The first-order chi connectivity index (χ1) is 19.2. The molecule has 1 saturated heterocycles. The first-order valence-corrected chi connectivity index (χ1v) is 14.3. The lowest BCUT2D eigenvalue weighted by atomic mass is 9.83. The standard InChI is InChI=1S/C17H24N2O3.C16H22O3.CH4/c1-11-13(12-8-6-5-7-9-12)10-14(15(20)18-11)19-16(21)22-17(2,3)4;1-11(2)19-16(18)12(3)10-15(13(4)17)14-8-6-5-7-9-14;/h5-9,11,13-14H,10H2,1-4H3,(H,18,20)(H,19,21);5-9,11-12,15H,10H2,1-4H3;1H4/t11-,13?,14?;;/m1../s1. The van der Waals surface area contributed by atoms with Gasteiger partial charge < -0.3 is 20.1 Å². The molecule has 4 unspecified atom stereocenters. The third kappa shape index (κ3) is 12.0. The smallest absolute Gasteiger partial charge is 0.408 e. The van der Waals surface area contributed by atoms with Gasteiger partial charge in [0.2, 0.25) is 5.91 Å². The number of amides is 2. The van der Waals surface area contributed by atoms with Crippen LogP contribution in [0.15, 0.2) is 60.7 Å². The van der Waals surface area contributed by atoms with Crippen molar-refractivity contribution >= 4 is 23.8 Å². The van der Waals surface area contributed by atoms with Crippen molar-refractivity contribution in [3.05, 3.63) is 71.8 Å². The normalized spacial score (nSPS) is 19.5. The van der Waals surface area contributed by atoms with Gasteiger partial charge in [-0.1, -0.05) is 75.0 Å². The van der Waals surface area contributed by atoms with E-state index in [1.54, 1.807) is 27.7 Å².